The van der Waals surface area contributed by atoms with Crippen LogP contribution in [0.15, 0.2) is 11.7 Å². The van der Waals surface area contributed by atoms with Crippen molar-refractivity contribution in [3.8, 4) is 0 Å². The largest absolute Gasteiger partial charge is 0.537 e. The molecule has 0 aromatic heterocycles. The van der Waals surface area contributed by atoms with Crippen LogP contribution in [0, 0.1) is 0 Å². The monoisotopic (exact) mass is 389 g/mol. The summed E-state index contributed by atoms with van der Waals surface area (Å²) in [6.07, 6.45) is 1.19. The highest BCUT2D eigenvalue weighted by Crippen LogP contribution is 2.25. The van der Waals surface area contributed by atoms with Gasteiger partial charge in [-0.25, -0.2) is 0 Å². The highest BCUT2D eigenvalue weighted by molar-refractivity contribution is 6.71. The van der Waals surface area contributed by atoms with Gasteiger partial charge in [-0.15, -0.1) is 0 Å². The molecule has 0 heterocycles. The highest BCUT2D eigenvalue weighted by Gasteiger charge is 2.32. The van der Waals surface area contributed by atoms with Crippen molar-refractivity contribution in [2.75, 3.05) is 0 Å². The predicted molar refractivity (Wildman–Crippen MR) is 105 cm³/mol. The molecule has 8 heteroatoms. The van der Waals surface area contributed by atoms with Crippen molar-refractivity contribution in [1.82, 2.24) is 0 Å². The first-order valence-electron chi connectivity index (χ1n) is 8.14. The minimum absolute atomic E-state index is 0.0304. The quantitative estimate of drug-likeness (QED) is 0.310. The Hall–Kier alpha value is -0.322. The molecule has 0 aromatic carbocycles. The van der Waals surface area contributed by atoms with E-state index in [1.165, 1.54) is 0 Å². The molecule has 0 unspecified atom stereocenters. The van der Waals surface area contributed by atoms with Gasteiger partial charge >= 0.3 is 0 Å². The molecule has 4 nitrogen and oxygen atoms in total. The fourth-order valence-electron chi connectivity index (χ4n) is 1.55. The standard InChI is InChI=1S/C15H33O4Si4/c1-21(2,3)17-14(13(16)11-10-12-20)15(18-22(4,5)6)19-23(7,8)9/h10-12H2,1-9H3. The molecule has 133 valence electrons. The van der Waals surface area contributed by atoms with Gasteiger partial charge in [0.05, 0.1) is 0 Å². The van der Waals surface area contributed by atoms with Crippen LogP contribution in [0.2, 0.25) is 65.0 Å². The Morgan fingerprint density at radius 3 is 1.48 bits per heavy atom. The Morgan fingerprint density at radius 2 is 1.17 bits per heavy atom. The second-order valence-electron chi connectivity index (χ2n) is 8.54. The smallest absolute Gasteiger partial charge is 0.298 e. The number of allylic oxidation sites excluding steroid dienone is 1. The SMILES string of the molecule is C[Si](C)(C)OC(O[Si](C)(C)C)=C(O[Si](C)(C)C)C(=O)CCC[Si]. The second kappa shape index (κ2) is 8.68. The number of hydrogen-bond acceptors (Lipinski definition) is 4. The van der Waals surface area contributed by atoms with Crippen LogP contribution in [0.4, 0.5) is 0 Å². The number of carbonyl (C=O) groups is 1. The number of hydrogen-bond donors (Lipinski definition) is 0. The molecule has 0 rings (SSSR count). The maximum absolute atomic E-state index is 12.7. The van der Waals surface area contributed by atoms with E-state index in [0.29, 0.717) is 18.1 Å². The maximum Gasteiger partial charge on any atom is 0.298 e. The van der Waals surface area contributed by atoms with E-state index in [0.717, 1.165) is 12.5 Å². The third-order valence-electron chi connectivity index (χ3n) is 2.23. The Labute approximate surface area is 148 Å². The normalized spacial score (nSPS) is 12.6. The summed E-state index contributed by atoms with van der Waals surface area (Å²) in [4.78, 5) is 12.7. The molecule has 0 aliphatic carbocycles. The van der Waals surface area contributed by atoms with Crippen molar-refractivity contribution in [1.29, 1.82) is 0 Å². The van der Waals surface area contributed by atoms with Gasteiger partial charge in [-0.1, -0.05) is 6.04 Å². The molecule has 0 aromatic rings. The van der Waals surface area contributed by atoms with Crippen LogP contribution in [0.1, 0.15) is 12.8 Å². The van der Waals surface area contributed by atoms with Gasteiger partial charge in [0.25, 0.3) is 5.95 Å². The summed E-state index contributed by atoms with van der Waals surface area (Å²) in [5.74, 6) is 0.594. The first kappa shape index (κ1) is 22.7. The molecule has 0 saturated carbocycles. The van der Waals surface area contributed by atoms with Crippen molar-refractivity contribution in [2.45, 2.75) is 77.8 Å². The van der Waals surface area contributed by atoms with E-state index in [1.54, 1.807) is 0 Å². The molecule has 0 N–H and O–H groups in total. The summed E-state index contributed by atoms with van der Waals surface area (Å²) in [6, 6.07) is 0.783. The van der Waals surface area contributed by atoms with E-state index in [-0.39, 0.29) is 5.78 Å². The average molecular weight is 390 g/mol. The lowest BCUT2D eigenvalue weighted by atomic mass is 10.2. The van der Waals surface area contributed by atoms with Crippen LogP contribution in [0.3, 0.4) is 0 Å². The Bertz CT molecular complexity index is 410. The first-order valence-corrected chi connectivity index (χ1v) is 19.1. The zero-order valence-corrected chi connectivity index (χ0v) is 20.3. The summed E-state index contributed by atoms with van der Waals surface area (Å²) in [7, 11) is -2.38. The molecule has 0 saturated heterocycles. The summed E-state index contributed by atoms with van der Waals surface area (Å²) in [6.45, 7) is 18.7. The molecule has 0 fully saturated rings. The Morgan fingerprint density at radius 1 is 0.783 bits per heavy atom. The van der Waals surface area contributed by atoms with E-state index < -0.39 is 25.0 Å². The van der Waals surface area contributed by atoms with E-state index in [2.05, 4.69) is 69.2 Å². The second-order valence-corrected chi connectivity index (χ2v) is 22.3. The molecule has 23 heavy (non-hydrogen) atoms. The minimum atomic E-state index is -1.96. The van der Waals surface area contributed by atoms with Gasteiger partial charge in [0.15, 0.2) is 0 Å². The highest BCUT2D eigenvalue weighted by atomic mass is 28.4. The van der Waals surface area contributed by atoms with Crippen LogP contribution in [-0.2, 0) is 18.1 Å². The van der Waals surface area contributed by atoms with E-state index >= 15 is 0 Å². The lowest BCUT2D eigenvalue weighted by molar-refractivity contribution is -0.118. The average Bonchev–Trinajstić information content (AvgIpc) is 2.27. The predicted octanol–water partition coefficient (Wildman–Crippen LogP) is 4.65. The minimum Gasteiger partial charge on any atom is -0.537 e. The Kier molecular flexibility index (Phi) is 8.56. The van der Waals surface area contributed by atoms with Crippen LogP contribution in [0.25, 0.3) is 0 Å². The van der Waals surface area contributed by atoms with Gasteiger partial charge in [0.1, 0.15) is 0 Å². The molecule has 0 aliphatic rings. The van der Waals surface area contributed by atoms with Crippen molar-refractivity contribution in [3.05, 3.63) is 11.7 Å². The van der Waals surface area contributed by atoms with Gasteiger partial charge in [0, 0.05) is 16.7 Å². The maximum atomic E-state index is 12.7. The van der Waals surface area contributed by atoms with Crippen molar-refractivity contribution in [3.63, 3.8) is 0 Å². The molecule has 3 radical (unpaired) electrons. The van der Waals surface area contributed by atoms with Gasteiger partial charge in [0.2, 0.25) is 36.5 Å². The lowest BCUT2D eigenvalue weighted by Crippen LogP contribution is -2.35. The molecule has 0 spiro atoms. The van der Waals surface area contributed by atoms with Crippen molar-refractivity contribution in [2.24, 2.45) is 0 Å². The third-order valence-corrected chi connectivity index (χ3v) is 4.99. The number of carbonyl (C=O) groups excluding carboxylic acids is 1. The zero-order chi connectivity index (χ0) is 18.5. The molecule has 0 aliphatic heterocycles. The van der Waals surface area contributed by atoms with Crippen LogP contribution < -0.4 is 0 Å². The van der Waals surface area contributed by atoms with Crippen molar-refractivity contribution < 1.29 is 18.1 Å². The van der Waals surface area contributed by atoms with Crippen molar-refractivity contribution >= 4 is 41.0 Å². The van der Waals surface area contributed by atoms with Crippen LogP contribution >= 0.6 is 0 Å². The van der Waals surface area contributed by atoms with Gasteiger partial charge in [-0.2, -0.15) is 0 Å². The molecule has 0 amide bonds. The van der Waals surface area contributed by atoms with Crippen LogP contribution in [0.5, 0.6) is 0 Å². The molecular formula is C15H33O4Si4. The molecule has 0 bridgehead atoms. The molecular weight excluding hydrogens is 357 g/mol. The summed E-state index contributed by atoms with van der Waals surface area (Å²) < 4.78 is 18.3. The van der Waals surface area contributed by atoms with E-state index in [4.69, 9.17) is 13.3 Å². The first-order chi connectivity index (χ1) is 10.1. The zero-order valence-electron chi connectivity index (χ0n) is 16.3. The Balaban J connectivity index is 5.84. The topological polar surface area (TPSA) is 44.8 Å². The fraction of sp³-hybridized carbons (Fsp3) is 0.800. The summed E-state index contributed by atoms with van der Waals surface area (Å²) >= 11 is 0. The number of Topliss-reactive ketones (excluding diaryl/α,β-unsaturated/α-hetero) is 1. The third kappa shape index (κ3) is 11.8. The number of ketones is 1. The van der Waals surface area contributed by atoms with Crippen LogP contribution in [-0.4, -0.2) is 41.0 Å². The lowest BCUT2D eigenvalue weighted by Gasteiger charge is -2.31. The number of rotatable bonds is 10. The van der Waals surface area contributed by atoms with Gasteiger partial charge in [-0.3, -0.25) is 4.79 Å². The fourth-order valence-corrected chi connectivity index (χ4v) is 4.00. The molecule has 0 atom stereocenters. The van der Waals surface area contributed by atoms with E-state index in [1.807, 2.05) is 0 Å². The summed E-state index contributed by atoms with van der Waals surface area (Å²) in [5.41, 5.74) is 0. The summed E-state index contributed by atoms with van der Waals surface area (Å²) in [5, 5.41) is 0. The van der Waals surface area contributed by atoms with Gasteiger partial charge < -0.3 is 13.3 Å². The van der Waals surface area contributed by atoms with E-state index in [9.17, 15) is 4.79 Å². The van der Waals surface area contributed by atoms with Gasteiger partial charge in [-0.05, 0) is 65.3 Å².